The van der Waals surface area contributed by atoms with Gasteiger partial charge in [-0.3, -0.25) is 0 Å². The fraction of sp³-hybridized carbons (Fsp3) is 0.235. The Morgan fingerprint density at radius 1 is 1.09 bits per heavy atom. The second-order valence-corrected chi connectivity index (χ2v) is 5.07. The lowest BCUT2D eigenvalue weighted by Crippen LogP contribution is -2.10. The van der Waals surface area contributed by atoms with E-state index in [2.05, 4.69) is 10.5 Å². The maximum atomic E-state index is 13.3. The average Bonchev–Trinajstić information content (AvgIpc) is 3.04. The molecule has 114 valence electrons. The van der Waals surface area contributed by atoms with Crippen LogP contribution in [0.5, 0.6) is 11.5 Å². The standard InChI is InChI=1S/C17H17FN2O2/c1-21-16-7-6-12(9-17(16)22-2)15-10-14(19-20-15)11-4-3-5-13(18)8-11/h3-9,14,19H,10H2,1-2H3. The summed E-state index contributed by atoms with van der Waals surface area (Å²) in [5, 5.41) is 4.37. The SMILES string of the molecule is COc1ccc(C2=NNC(c3cccc(F)c3)C2)cc1OC. The highest BCUT2D eigenvalue weighted by Crippen LogP contribution is 2.31. The zero-order valence-electron chi connectivity index (χ0n) is 12.5. The molecule has 1 heterocycles. The Kier molecular flexibility index (Phi) is 3.96. The first kappa shape index (κ1) is 14.4. The first-order chi connectivity index (χ1) is 10.7. The van der Waals surface area contributed by atoms with Crippen molar-refractivity contribution in [3.8, 4) is 11.5 Å². The van der Waals surface area contributed by atoms with E-state index in [1.165, 1.54) is 12.1 Å². The van der Waals surface area contributed by atoms with Gasteiger partial charge in [0.05, 0.1) is 26.0 Å². The molecule has 0 fully saturated rings. The van der Waals surface area contributed by atoms with E-state index >= 15 is 0 Å². The number of ether oxygens (including phenoxy) is 2. The summed E-state index contributed by atoms with van der Waals surface area (Å²) >= 11 is 0. The van der Waals surface area contributed by atoms with Gasteiger partial charge >= 0.3 is 0 Å². The molecule has 0 saturated heterocycles. The number of benzene rings is 2. The summed E-state index contributed by atoms with van der Waals surface area (Å²) in [6.45, 7) is 0. The summed E-state index contributed by atoms with van der Waals surface area (Å²) in [6.07, 6.45) is 0.693. The Morgan fingerprint density at radius 2 is 1.91 bits per heavy atom. The molecule has 22 heavy (non-hydrogen) atoms. The molecular formula is C17H17FN2O2. The van der Waals surface area contributed by atoms with Gasteiger partial charge in [-0.25, -0.2) is 4.39 Å². The number of halogens is 1. The highest BCUT2D eigenvalue weighted by molar-refractivity contribution is 6.02. The quantitative estimate of drug-likeness (QED) is 0.942. The minimum atomic E-state index is -0.237. The predicted molar refractivity (Wildman–Crippen MR) is 83.0 cm³/mol. The lowest BCUT2D eigenvalue weighted by molar-refractivity contribution is 0.355. The van der Waals surface area contributed by atoms with E-state index in [0.717, 1.165) is 16.8 Å². The van der Waals surface area contributed by atoms with Crippen molar-refractivity contribution in [1.29, 1.82) is 0 Å². The van der Waals surface area contributed by atoms with Gasteiger partial charge in [0.2, 0.25) is 0 Å². The third kappa shape index (κ3) is 2.74. The van der Waals surface area contributed by atoms with Crippen molar-refractivity contribution in [3.63, 3.8) is 0 Å². The molecule has 1 N–H and O–H groups in total. The maximum absolute atomic E-state index is 13.3. The molecule has 1 unspecified atom stereocenters. The molecule has 1 aliphatic heterocycles. The molecule has 2 aromatic rings. The molecule has 1 atom stereocenters. The van der Waals surface area contributed by atoms with Crippen LogP contribution >= 0.6 is 0 Å². The first-order valence-electron chi connectivity index (χ1n) is 7.01. The van der Waals surface area contributed by atoms with Gasteiger partial charge in [-0.15, -0.1) is 0 Å². The number of rotatable bonds is 4. The van der Waals surface area contributed by atoms with Gasteiger partial charge in [0.1, 0.15) is 5.82 Å². The van der Waals surface area contributed by atoms with E-state index in [-0.39, 0.29) is 11.9 Å². The molecule has 5 heteroatoms. The summed E-state index contributed by atoms with van der Waals surface area (Å²) in [5.74, 6) is 1.11. The molecule has 0 amide bonds. The zero-order valence-corrected chi connectivity index (χ0v) is 12.5. The van der Waals surface area contributed by atoms with Gasteiger partial charge in [-0.2, -0.15) is 5.10 Å². The normalized spacial score (nSPS) is 16.9. The van der Waals surface area contributed by atoms with Crippen LogP contribution in [-0.2, 0) is 0 Å². The van der Waals surface area contributed by atoms with E-state index in [1.807, 2.05) is 24.3 Å². The van der Waals surface area contributed by atoms with Crippen molar-refractivity contribution >= 4 is 5.71 Å². The van der Waals surface area contributed by atoms with E-state index in [1.54, 1.807) is 20.3 Å². The fourth-order valence-corrected chi connectivity index (χ4v) is 2.55. The molecule has 3 rings (SSSR count). The first-order valence-corrected chi connectivity index (χ1v) is 7.01. The van der Waals surface area contributed by atoms with Crippen molar-refractivity contribution in [2.45, 2.75) is 12.5 Å². The monoisotopic (exact) mass is 300 g/mol. The second kappa shape index (κ2) is 6.05. The Hall–Kier alpha value is -2.56. The minimum absolute atomic E-state index is 0.0150. The maximum Gasteiger partial charge on any atom is 0.161 e. The van der Waals surface area contributed by atoms with E-state index in [4.69, 9.17) is 9.47 Å². The minimum Gasteiger partial charge on any atom is -0.493 e. The lowest BCUT2D eigenvalue weighted by atomic mass is 9.99. The van der Waals surface area contributed by atoms with E-state index in [9.17, 15) is 4.39 Å². The van der Waals surface area contributed by atoms with Crippen molar-refractivity contribution in [1.82, 2.24) is 5.43 Å². The number of hydrogen-bond acceptors (Lipinski definition) is 4. The zero-order chi connectivity index (χ0) is 15.5. The molecule has 1 aliphatic rings. The molecule has 0 bridgehead atoms. The average molecular weight is 300 g/mol. The van der Waals surface area contributed by atoms with Crippen LogP contribution in [0.1, 0.15) is 23.6 Å². The van der Waals surface area contributed by atoms with Crippen LogP contribution in [0.3, 0.4) is 0 Å². The topological polar surface area (TPSA) is 42.8 Å². The second-order valence-electron chi connectivity index (χ2n) is 5.07. The van der Waals surface area contributed by atoms with Crippen LogP contribution in [0, 0.1) is 5.82 Å². The molecular weight excluding hydrogens is 283 g/mol. The predicted octanol–water partition coefficient (Wildman–Crippen LogP) is 3.28. The Morgan fingerprint density at radius 3 is 2.64 bits per heavy atom. The van der Waals surface area contributed by atoms with E-state index < -0.39 is 0 Å². The van der Waals surface area contributed by atoms with Gasteiger partial charge in [0.25, 0.3) is 0 Å². The molecule has 0 spiro atoms. The molecule has 0 saturated carbocycles. The molecule has 0 aromatic heterocycles. The van der Waals surface area contributed by atoms with Crippen molar-refractivity contribution < 1.29 is 13.9 Å². The number of hydrazone groups is 1. The summed E-state index contributed by atoms with van der Waals surface area (Å²) < 4.78 is 23.9. The van der Waals surface area contributed by atoms with Crippen molar-refractivity contribution in [3.05, 3.63) is 59.4 Å². The summed E-state index contributed by atoms with van der Waals surface area (Å²) in [6, 6.07) is 12.3. The van der Waals surface area contributed by atoms with Crippen molar-refractivity contribution in [2.24, 2.45) is 5.10 Å². The lowest BCUT2D eigenvalue weighted by Gasteiger charge is -2.11. The summed E-state index contributed by atoms with van der Waals surface area (Å²) in [7, 11) is 3.21. The van der Waals surface area contributed by atoms with Crippen LogP contribution in [0.2, 0.25) is 0 Å². The fourth-order valence-electron chi connectivity index (χ4n) is 2.55. The third-order valence-electron chi connectivity index (χ3n) is 3.72. The van der Waals surface area contributed by atoms with Gasteiger partial charge in [0.15, 0.2) is 11.5 Å². The highest BCUT2D eigenvalue weighted by atomic mass is 19.1. The van der Waals surface area contributed by atoms with E-state index in [0.29, 0.717) is 17.9 Å². The van der Waals surface area contributed by atoms with Crippen molar-refractivity contribution in [2.75, 3.05) is 14.2 Å². The number of hydrogen-bond donors (Lipinski definition) is 1. The van der Waals surface area contributed by atoms with Crippen LogP contribution in [0.15, 0.2) is 47.6 Å². The smallest absolute Gasteiger partial charge is 0.161 e. The molecule has 2 aromatic carbocycles. The van der Waals surface area contributed by atoms with Crippen LogP contribution in [0.4, 0.5) is 4.39 Å². The number of nitrogens with one attached hydrogen (secondary N) is 1. The van der Waals surface area contributed by atoms with Crippen LogP contribution < -0.4 is 14.9 Å². The van der Waals surface area contributed by atoms with Gasteiger partial charge in [-0.1, -0.05) is 12.1 Å². The van der Waals surface area contributed by atoms with Gasteiger partial charge in [0, 0.05) is 12.0 Å². The largest absolute Gasteiger partial charge is 0.493 e. The third-order valence-corrected chi connectivity index (χ3v) is 3.72. The number of nitrogens with zero attached hydrogens (tertiary/aromatic N) is 1. The molecule has 4 nitrogen and oxygen atoms in total. The highest BCUT2D eigenvalue weighted by Gasteiger charge is 2.22. The Balaban J connectivity index is 1.80. The Bertz CT molecular complexity index is 716. The molecule has 0 aliphatic carbocycles. The van der Waals surface area contributed by atoms with Gasteiger partial charge < -0.3 is 14.9 Å². The Labute approximate surface area is 128 Å². The van der Waals surface area contributed by atoms with Crippen LogP contribution in [0.25, 0.3) is 0 Å². The summed E-state index contributed by atoms with van der Waals surface area (Å²) in [4.78, 5) is 0. The van der Waals surface area contributed by atoms with Crippen LogP contribution in [-0.4, -0.2) is 19.9 Å². The molecule has 0 radical (unpaired) electrons. The van der Waals surface area contributed by atoms with Gasteiger partial charge in [-0.05, 0) is 35.9 Å². The summed E-state index contributed by atoms with van der Waals surface area (Å²) in [5.41, 5.74) is 5.83. The number of methoxy groups -OCH3 is 2.